The maximum atomic E-state index is 11.4. The Morgan fingerprint density at radius 3 is 2.69 bits per heavy atom. The standard InChI is InChI=1S/C11H11Br2ClO2/c1-2-16-11(15)5-9-7(6-14)3-8(12)4-10(9)13/h3-4H,2,5-6H2,1H3. The van der Waals surface area contributed by atoms with Crippen LogP contribution in [-0.4, -0.2) is 12.6 Å². The monoisotopic (exact) mass is 368 g/mol. The molecule has 1 rings (SSSR count). The molecule has 0 unspecified atom stereocenters. The topological polar surface area (TPSA) is 26.3 Å². The van der Waals surface area contributed by atoms with Gasteiger partial charge in [0.15, 0.2) is 0 Å². The second-order valence-electron chi connectivity index (χ2n) is 3.14. The van der Waals surface area contributed by atoms with Crippen LogP contribution in [0.15, 0.2) is 21.1 Å². The van der Waals surface area contributed by atoms with E-state index in [0.29, 0.717) is 12.5 Å². The van der Waals surface area contributed by atoms with Gasteiger partial charge in [-0.05, 0) is 30.2 Å². The predicted molar refractivity (Wildman–Crippen MR) is 71.7 cm³/mol. The molecule has 2 nitrogen and oxygen atoms in total. The average Bonchev–Trinajstić information content (AvgIpc) is 2.22. The molecule has 0 heterocycles. The first kappa shape index (κ1) is 14.0. The lowest BCUT2D eigenvalue weighted by molar-refractivity contribution is -0.142. The highest BCUT2D eigenvalue weighted by atomic mass is 79.9. The first-order valence-electron chi connectivity index (χ1n) is 4.76. The van der Waals surface area contributed by atoms with Gasteiger partial charge in [-0.15, -0.1) is 11.6 Å². The maximum absolute atomic E-state index is 11.4. The van der Waals surface area contributed by atoms with Crippen molar-refractivity contribution in [3.8, 4) is 0 Å². The van der Waals surface area contributed by atoms with Gasteiger partial charge < -0.3 is 4.74 Å². The van der Waals surface area contributed by atoms with Crippen molar-refractivity contribution in [3.63, 3.8) is 0 Å². The summed E-state index contributed by atoms with van der Waals surface area (Å²) < 4.78 is 6.72. The van der Waals surface area contributed by atoms with Crippen LogP contribution in [0.1, 0.15) is 18.1 Å². The Morgan fingerprint density at radius 2 is 2.12 bits per heavy atom. The molecule has 0 fully saturated rings. The zero-order valence-electron chi connectivity index (χ0n) is 8.73. The third-order valence-electron chi connectivity index (χ3n) is 2.02. The van der Waals surface area contributed by atoms with E-state index < -0.39 is 0 Å². The fourth-order valence-electron chi connectivity index (χ4n) is 1.33. The van der Waals surface area contributed by atoms with Crippen LogP contribution < -0.4 is 0 Å². The number of rotatable bonds is 4. The van der Waals surface area contributed by atoms with Gasteiger partial charge in [0.1, 0.15) is 0 Å². The SMILES string of the molecule is CCOC(=O)Cc1c(Br)cc(Br)cc1CCl. The van der Waals surface area contributed by atoms with Crippen molar-refractivity contribution in [1.82, 2.24) is 0 Å². The van der Waals surface area contributed by atoms with Crippen molar-refractivity contribution < 1.29 is 9.53 Å². The van der Waals surface area contributed by atoms with Crippen LogP contribution >= 0.6 is 43.5 Å². The van der Waals surface area contributed by atoms with Gasteiger partial charge in [-0.3, -0.25) is 4.79 Å². The second-order valence-corrected chi connectivity index (χ2v) is 5.18. The third-order valence-corrected chi connectivity index (χ3v) is 3.48. The van der Waals surface area contributed by atoms with E-state index in [2.05, 4.69) is 31.9 Å². The Kier molecular flexibility index (Phi) is 5.79. The van der Waals surface area contributed by atoms with E-state index in [1.165, 1.54) is 0 Å². The predicted octanol–water partition coefficient (Wildman–Crippen LogP) is 4.06. The molecule has 1 aromatic rings. The van der Waals surface area contributed by atoms with E-state index in [9.17, 15) is 4.79 Å². The highest BCUT2D eigenvalue weighted by molar-refractivity contribution is 9.11. The lowest BCUT2D eigenvalue weighted by atomic mass is 10.1. The van der Waals surface area contributed by atoms with Gasteiger partial charge in [0.25, 0.3) is 0 Å². The van der Waals surface area contributed by atoms with Crippen molar-refractivity contribution in [2.75, 3.05) is 6.61 Å². The third kappa shape index (κ3) is 3.75. The molecule has 0 aliphatic heterocycles. The second kappa shape index (κ2) is 6.62. The average molecular weight is 370 g/mol. The lowest BCUT2D eigenvalue weighted by Gasteiger charge is -2.10. The van der Waals surface area contributed by atoms with E-state index in [4.69, 9.17) is 16.3 Å². The highest BCUT2D eigenvalue weighted by Gasteiger charge is 2.12. The van der Waals surface area contributed by atoms with E-state index in [1.807, 2.05) is 12.1 Å². The van der Waals surface area contributed by atoms with Gasteiger partial charge in [-0.25, -0.2) is 0 Å². The molecule has 0 saturated carbocycles. The molecule has 0 aromatic heterocycles. The lowest BCUT2D eigenvalue weighted by Crippen LogP contribution is -2.09. The van der Waals surface area contributed by atoms with Crippen molar-refractivity contribution in [2.45, 2.75) is 19.2 Å². The van der Waals surface area contributed by atoms with E-state index in [-0.39, 0.29) is 12.4 Å². The van der Waals surface area contributed by atoms with Crippen LogP contribution in [0.4, 0.5) is 0 Å². The minimum Gasteiger partial charge on any atom is -0.466 e. The first-order chi connectivity index (χ1) is 7.58. The quantitative estimate of drug-likeness (QED) is 0.590. The largest absolute Gasteiger partial charge is 0.466 e. The Morgan fingerprint density at radius 1 is 1.44 bits per heavy atom. The van der Waals surface area contributed by atoms with E-state index in [0.717, 1.165) is 20.1 Å². The highest BCUT2D eigenvalue weighted by Crippen LogP contribution is 2.27. The summed E-state index contributed by atoms with van der Waals surface area (Å²) in [7, 11) is 0. The zero-order chi connectivity index (χ0) is 12.1. The van der Waals surface area contributed by atoms with Crippen molar-refractivity contribution >= 4 is 49.4 Å². The van der Waals surface area contributed by atoms with Crippen LogP contribution in [0.25, 0.3) is 0 Å². The zero-order valence-corrected chi connectivity index (χ0v) is 12.7. The molecule has 0 aliphatic rings. The van der Waals surface area contributed by atoms with E-state index in [1.54, 1.807) is 6.92 Å². The van der Waals surface area contributed by atoms with Gasteiger partial charge in [-0.2, -0.15) is 0 Å². The summed E-state index contributed by atoms with van der Waals surface area (Å²) in [5.74, 6) is 0.129. The molecular formula is C11H11Br2ClO2. The molecule has 0 aliphatic carbocycles. The van der Waals surface area contributed by atoms with Crippen molar-refractivity contribution in [3.05, 3.63) is 32.2 Å². The number of hydrogen-bond acceptors (Lipinski definition) is 2. The molecule has 5 heteroatoms. The fraction of sp³-hybridized carbons (Fsp3) is 0.364. The Bertz CT molecular complexity index is 394. The molecule has 0 atom stereocenters. The van der Waals surface area contributed by atoms with Crippen molar-refractivity contribution in [1.29, 1.82) is 0 Å². The van der Waals surface area contributed by atoms with Gasteiger partial charge in [-0.1, -0.05) is 31.9 Å². The molecule has 0 saturated heterocycles. The van der Waals surface area contributed by atoms with Crippen LogP contribution in [0.2, 0.25) is 0 Å². The number of esters is 1. The maximum Gasteiger partial charge on any atom is 0.310 e. The summed E-state index contributed by atoms with van der Waals surface area (Å²) in [5.41, 5.74) is 1.81. The number of hydrogen-bond donors (Lipinski definition) is 0. The Hall–Kier alpha value is -0.0600. The van der Waals surface area contributed by atoms with Crippen LogP contribution in [0.3, 0.4) is 0 Å². The molecule has 0 bridgehead atoms. The number of carbonyl (C=O) groups is 1. The summed E-state index contributed by atoms with van der Waals surface area (Å²) >= 11 is 12.6. The van der Waals surface area contributed by atoms with Gasteiger partial charge in [0.2, 0.25) is 0 Å². The Balaban J connectivity index is 2.98. The Labute approximate surface area is 117 Å². The minimum atomic E-state index is -0.239. The summed E-state index contributed by atoms with van der Waals surface area (Å²) in [6, 6.07) is 3.80. The fourth-order valence-corrected chi connectivity index (χ4v) is 3.02. The van der Waals surface area contributed by atoms with Crippen LogP contribution in [-0.2, 0) is 21.8 Å². The number of halogens is 3. The number of benzene rings is 1. The first-order valence-corrected chi connectivity index (χ1v) is 6.89. The molecule has 0 amide bonds. The van der Waals surface area contributed by atoms with Crippen LogP contribution in [0.5, 0.6) is 0 Å². The molecule has 0 spiro atoms. The summed E-state index contributed by atoms with van der Waals surface area (Å²) in [6.07, 6.45) is 0.240. The van der Waals surface area contributed by atoms with Gasteiger partial charge in [0.05, 0.1) is 13.0 Å². The van der Waals surface area contributed by atoms with Crippen molar-refractivity contribution in [2.24, 2.45) is 0 Å². The van der Waals surface area contributed by atoms with Crippen LogP contribution in [0, 0.1) is 0 Å². The van der Waals surface area contributed by atoms with E-state index >= 15 is 0 Å². The molecular weight excluding hydrogens is 359 g/mol. The molecule has 0 N–H and O–H groups in total. The molecule has 1 aromatic carbocycles. The smallest absolute Gasteiger partial charge is 0.310 e. The summed E-state index contributed by atoms with van der Waals surface area (Å²) in [5, 5.41) is 0. The molecule has 88 valence electrons. The molecule has 0 radical (unpaired) electrons. The normalized spacial score (nSPS) is 10.2. The summed E-state index contributed by atoms with van der Waals surface area (Å²) in [6.45, 7) is 2.18. The number of alkyl halides is 1. The minimum absolute atomic E-state index is 0.239. The number of carbonyl (C=O) groups excluding carboxylic acids is 1. The molecule has 16 heavy (non-hydrogen) atoms. The summed E-state index contributed by atoms with van der Waals surface area (Å²) in [4.78, 5) is 11.4. The number of ether oxygens (including phenoxy) is 1. The van der Waals surface area contributed by atoms with Gasteiger partial charge >= 0.3 is 5.97 Å². The van der Waals surface area contributed by atoms with Gasteiger partial charge in [0, 0.05) is 14.8 Å².